The molecule has 1 N–H and O–H groups in total. The zero-order valence-corrected chi connectivity index (χ0v) is 8.84. The Bertz CT molecular complexity index is 427. The maximum absolute atomic E-state index is 11.5. The minimum Gasteiger partial charge on any atom is -0.352 e. The summed E-state index contributed by atoms with van der Waals surface area (Å²) in [4.78, 5) is 21.1. The number of amides is 1. The van der Waals surface area contributed by atoms with Crippen LogP contribution in [0.25, 0.3) is 6.08 Å². The van der Waals surface area contributed by atoms with Gasteiger partial charge in [-0.3, -0.25) is 14.9 Å². The molecule has 1 aromatic carbocycles. The number of nitro groups is 1. The quantitative estimate of drug-likeness (QED) is 0.619. The Kier molecular flexibility index (Phi) is 4.20. The number of nitrogens with zero attached hydrogens (tertiary/aromatic N) is 1. The molecule has 0 saturated carbocycles. The third-order valence-electron chi connectivity index (χ3n) is 1.87. The van der Waals surface area contributed by atoms with Crippen molar-refractivity contribution in [3.8, 4) is 0 Å². The maximum Gasteiger partial charge on any atom is 0.251 e. The highest BCUT2D eigenvalue weighted by atomic mass is 16.6. The summed E-state index contributed by atoms with van der Waals surface area (Å²) >= 11 is 0. The Morgan fingerprint density at radius 3 is 2.94 bits per heavy atom. The van der Waals surface area contributed by atoms with Crippen LogP contribution in [-0.4, -0.2) is 17.4 Å². The molecule has 0 unspecified atom stereocenters. The number of rotatable bonds is 4. The summed E-state index contributed by atoms with van der Waals surface area (Å²) in [5, 5.41) is 12.8. The summed E-state index contributed by atoms with van der Waals surface area (Å²) in [6.45, 7) is 2.38. The lowest BCUT2D eigenvalue weighted by Gasteiger charge is -2.02. The van der Waals surface area contributed by atoms with Crippen LogP contribution in [0.3, 0.4) is 0 Å². The van der Waals surface area contributed by atoms with Gasteiger partial charge >= 0.3 is 0 Å². The molecule has 0 radical (unpaired) electrons. The summed E-state index contributed by atoms with van der Waals surface area (Å²) < 4.78 is 0. The number of hydrogen-bond donors (Lipinski definition) is 1. The summed E-state index contributed by atoms with van der Waals surface area (Å²) in [6, 6.07) is 6.65. The molecule has 5 nitrogen and oxygen atoms in total. The van der Waals surface area contributed by atoms with Crippen molar-refractivity contribution in [2.75, 3.05) is 6.54 Å². The van der Waals surface area contributed by atoms with E-state index in [0.717, 1.165) is 6.20 Å². The maximum atomic E-state index is 11.5. The van der Waals surface area contributed by atoms with Crippen molar-refractivity contribution in [2.24, 2.45) is 0 Å². The first-order chi connectivity index (χ1) is 7.63. The predicted molar refractivity (Wildman–Crippen MR) is 60.5 cm³/mol. The van der Waals surface area contributed by atoms with E-state index in [2.05, 4.69) is 5.32 Å². The molecule has 1 amide bonds. The first kappa shape index (κ1) is 11.9. The predicted octanol–water partition coefficient (Wildman–Crippen LogP) is 1.68. The summed E-state index contributed by atoms with van der Waals surface area (Å²) in [7, 11) is 0. The van der Waals surface area contributed by atoms with Gasteiger partial charge in [-0.15, -0.1) is 0 Å². The molecule has 0 aliphatic heterocycles. The first-order valence-corrected chi connectivity index (χ1v) is 4.83. The van der Waals surface area contributed by atoms with E-state index in [1.807, 2.05) is 6.92 Å². The van der Waals surface area contributed by atoms with E-state index in [1.54, 1.807) is 24.3 Å². The second-order valence-electron chi connectivity index (χ2n) is 3.09. The van der Waals surface area contributed by atoms with Crippen molar-refractivity contribution >= 4 is 12.0 Å². The van der Waals surface area contributed by atoms with Gasteiger partial charge in [0.05, 0.1) is 4.92 Å². The highest BCUT2D eigenvalue weighted by Crippen LogP contribution is 2.07. The van der Waals surface area contributed by atoms with Gasteiger partial charge in [0.25, 0.3) is 5.91 Å². The topological polar surface area (TPSA) is 72.2 Å². The lowest BCUT2D eigenvalue weighted by Crippen LogP contribution is -2.22. The molecule has 0 aromatic heterocycles. The number of carbonyl (C=O) groups is 1. The van der Waals surface area contributed by atoms with Gasteiger partial charge in [0, 0.05) is 18.2 Å². The van der Waals surface area contributed by atoms with E-state index in [1.165, 1.54) is 6.08 Å². The SMILES string of the molecule is CCNC(=O)c1cccc(/C=C/[N+](=O)[O-])c1. The van der Waals surface area contributed by atoms with Gasteiger partial charge in [-0.05, 0) is 24.6 Å². The Morgan fingerprint density at radius 2 is 2.31 bits per heavy atom. The first-order valence-electron chi connectivity index (χ1n) is 4.83. The normalized spacial score (nSPS) is 10.3. The lowest BCUT2D eigenvalue weighted by atomic mass is 10.1. The van der Waals surface area contributed by atoms with E-state index in [-0.39, 0.29) is 5.91 Å². The van der Waals surface area contributed by atoms with E-state index >= 15 is 0 Å². The van der Waals surface area contributed by atoms with Crippen molar-refractivity contribution in [3.05, 3.63) is 51.7 Å². The number of benzene rings is 1. The summed E-state index contributed by atoms with van der Waals surface area (Å²) in [6.07, 6.45) is 2.19. The van der Waals surface area contributed by atoms with Crippen molar-refractivity contribution in [1.29, 1.82) is 0 Å². The Hall–Kier alpha value is -2.17. The van der Waals surface area contributed by atoms with Crippen molar-refractivity contribution in [1.82, 2.24) is 5.32 Å². The van der Waals surface area contributed by atoms with Crippen LogP contribution in [0.2, 0.25) is 0 Å². The van der Waals surface area contributed by atoms with Crippen LogP contribution in [-0.2, 0) is 0 Å². The zero-order chi connectivity index (χ0) is 12.0. The van der Waals surface area contributed by atoms with Crippen LogP contribution in [0.15, 0.2) is 30.5 Å². The molecule has 0 saturated heterocycles. The van der Waals surface area contributed by atoms with Gasteiger partial charge in [-0.1, -0.05) is 12.1 Å². The average Bonchev–Trinajstić information content (AvgIpc) is 2.27. The fourth-order valence-electron chi connectivity index (χ4n) is 1.19. The van der Waals surface area contributed by atoms with Crippen molar-refractivity contribution in [2.45, 2.75) is 6.92 Å². The van der Waals surface area contributed by atoms with Crippen LogP contribution < -0.4 is 5.32 Å². The molecule has 0 aliphatic rings. The van der Waals surface area contributed by atoms with Gasteiger partial charge in [-0.25, -0.2) is 0 Å². The summed E-state index contributed by atoms with van der Waals surface area (Å²) in [5.74, 6) is -0.182. The fraction of sp³-hybridized carbons (Fsp3) is 0.182. The fourth-order valence-corrected chi connectivity index (χ4v) is 1.19. The molecule has 0 heterocycles. The van der Waals surface area contributed by atoms with Gasteiger partial charge in [0.2, 0.25) is 6.20 Å². The van der Waals surface area contributed by atoms with Gasteiger partial charge < -0.3 is 5.32 Å². The molecule has 1 aromatic rings. The van der Waals surface area contributed by atoms with Crippen LogP contribution in [0, 0.1) is 10.1 Å². The highest BCUT2D eigenvalue weighted by Gasteiger charge is 2.03. The largest absolute Gasteiger partial charge is 0.352 e. The van der Waals surface area contributed by atoms with Gasteiger partial charge in [-0.2, -0.15) is 0 Å². The number of hydrogen-bond acceptors (Lipinski definition) is 3. The number of carbonyl (C=O) groups excluding carboxylic acids is 1. The second kappa shape index (κ2) is 5.65. The minimum absolute atomic E-state index is 0.182. The van der Waals surface area contributed by atoms with Gasteiger partial charge in [0.15, 0.2) is 0 Å². The molecule has 0 bridgehead atoms. The Balaban J connectivity index is 2.86. The molecule has 5 heteroatoms. The van der Waals surface area contributed by atoms with Crippen LogP contribution in [0.5, 0.6) is 0 Å². The summed E-state index contributed by atoms with van der Waals surface area (Å²) in [5.41, 5.74) is 1.12. The molecule has 84 valence electrons. The van der Waals surface area contributed by atoms with Gasteiger partial charge in [0.1, 0.15) is 0 Å². The molecule has 1 rings (SSSR count). The number of nitrogens with one attached hydrogen (secondary N) is 1. The molecule has 0 fully saturated rings. The standard InChI is InChI=1S/C11H12N2O3/c1-2-12-11(14)10-5-3-4-9(8-10)6-7-13(15)16/h3-8H,2H2,1H3,(H,12,14)/b7-6+. The molecular formula is C11H12N2O3. The molecule has 0 spiro atoms. The molecule has 16 heavy (non-hydrogen) atoms. The molecule has 0 atom stereocenters. The third-order valence-corrected chi connectivity index (χ3v) is 1.87. The van der Waals surface area contributed by atoms with Crippen molar-refractivity contribution < 1.29 is 9.72 Å². The third kappa shape index (κ3) is 3.53. The molecular weight excluding hydrogens is 208 g/mol. The average molecular weight is 220 g/mol. The lowest BCUT2D eigenvalue weighted by molar-refractivity contribution is -0.400. The minimum atomic E-state index is -0.543. The van der Waals surface area contributed by atoms with Crippen molar-refractivity contribution in [3.63, 3.8) is 0 Å². The zero-order valence-electron chi connectivity index (χ0n) is 8.84. The Morgan fingerprint density at radius 1 is 1.56 bits per heavy atom. The molecule has 0 aliphatic carbocycles. The monoisotopic (exact) mass is 220 g/mol. The van der Waals surface area contributed by atoms with Crippen LogP contribution in [0.4, 0.5) is 0 Å². The van der Waals surface area contributed by atoms with Crippen LogP contribution >= 0.6 is 0 Å². The second-order valence-corrected chi connectivity index (χ2v) is 3.09. The van der Waals surface area contributed by atoms with Crippen LogP contribution in [0.1, 0.15) is 22.8 Å². The highest BCUT2D eigenvalue weighted by molar-refractivity contribution is 5.94. The van der Waals surface area contributed by atoms with E-state index in [4.69, 9.17) is 0 Å². The van der Waals surface area contributed by atoms with E-state index in [0.29, 0.717) is 17.7 Å². The van der Waals surface area contributed by atoms with E-state index < -0.39 is 4.92 Å². The smallest absolute Gasteiger partial charge is 0.251 e. The van der Waals surface area contributed by atoms with E-state index in [9.17, 15) is 14.9 Å². The Labute approximate surface area is 92.9 Å².